The fourth-order valence-corrected chi connectivity index (χ4v) is 7.18. The van der Waals surface area contributed by atoms with E-state index < -0.39 is 0 Å². The van der Waals surface area contributed by atoms with Gasteiger partial charge in [0, 0.05) is 34.0 Å². The standard InChI is InChI=1S/C20H27N5S2/c1-4-5-6-11(2)18-17-16-13(15-10-22-12(3)25(15)24-17)9-14(23-20(16)27-18)19-21-7-8-26-19/h7-8,10-11,13-14,16,20,23-24H,4-6,9H2,1-3H3/t11-,13?,14?,16?,20?/m1/s1. The van der Waals surface area contributed by atoms with E-state index in [-0.39, 0.29) is 0 Å². The molecule has 0 radical (unpaired) electrons. The highest BCUT2D eigenvalue weighted by atomic mass is 32.2. The van der Waals surface area contributed by atoms with Gasteiger partial charge < -0.3 is 0 Å². The molecular weight excluding hydrogens is 374 g/mol. The minimum atomic E-state index is 0.331. The number of allylic oxidation sites excluding steroid dienone is 1. The third-order valence-electron chi connectivity index (χ3n) is 6.23. The number of thiazole rings is 1. The number of rotatable bonds is 5. The van der Waals surface area contributed by atoms with Crippen LogP contribution in [0.4, 0.5) is 0 Å². The number of hydrogen-bond donors (Lipinski definition) is 2. The molecule has 0 saturated carbocycles. The number of aryl methyl sites for hydroxylation is 1. The molecule has 2 aromatic heterocycles. The van der Waals surface area contributed by atoms with Gasteiger partial charge in [0.15, 0.2) is 0 Å². The molecule has 4 unspecified atom stereocenters. The van der Waals surface area contributed by atoms with Gasteiger partial charge in [0.05, 0.1) is 23.3 Å². The molecule has 5 rings (SSSR count). The Labute approximate surface area is 169 Å². The average Bonchev–Trinajstić information content (AvgIpc) is 3.40. The molecule has 0 spiro atoms. The van der Waals surface area contributed by atoms with Gasteiger partial charge in [-0.1, -0.05) is 26.7 Å². The molecule has 5 atom stereocenters. The summed E-state index contributed by atoms with van der Waals surface area (Å²) in [6.45, 7) is 6.77. The Bertz CT molecular complexity index is 856. The van der Waals surface area contributed by atoms with E-state index in [1.165, 1.54) is 35.7 Å². The first-order valence-electron chi connectivity index (χ1n) is 10.0. The van der Waals surface area contributed by atoms with Gasteiger partial charge in [-0.05, 0) is 25.7 Å². The lowest BCUT2D eigenvalue weighted by Gasteiger charge is -2.43. The van der Waals surface area contributed by atoms with Crippen molar-refractivity contribution in [1.29, 1.82) is 0 Å². The third kappa shape index (κ3) is 2.86. The smallest absolute Gasteiger partial charge is 0.124 e. The SMILES string of the molecule is CCCC[C@@H](C)C1=C2Nn3c(cnc3C)C3CC(c4nccs4)NC(S1)C23. The number of fused-ring (bicyclic) bond motifs is 2. The van der Waals surface area contributed by atoms with Crippen LogP contribution < -0.4 is 10.7 Å². The monoisotopic (exact) mass is 401 g/mol. The van der Waals surface area contributed by atoms with Crippen LogP contribution in [-0.4, -0.2) is 20.0 Å². The lowest BCUT2D eigenvalue weighted by Crippen LogP contribution is -2.48. The van der Waals surface area contributed by atoms with Gasteiger partial charge in [-0.2, -0.15) is 0 Å². The molecular formula is C20H27N5S2. The predicted octanol–water partition coefficient (Wildman–Crippen LogP) is 4.75. The summed E-state index contributed by atoms with van der Waals surface area (Å²) in [5, 5.41) is 7.64. The highest BCUT2D eigenvalue weighted by Gasteiger charge is 2.50. The second-order valence-electron chi connectivity index (χ2n) is 7.99. The van der Waals surface area contributed by atoms with Crippen LogP contribution in [0, 0.1) is 18.8 Å². The number of thioether (sulfide) groups is 1. The quantitative estimate of drug-likeness (QED) is 0.757. The van der Waals surface area contributed by atoms with E-state index in [0.29, 0.717) is 29.2 Å². The van der Waals surface area contributed by atoms with Gasteiger partial charge in [-0.25, -0.2) is 14.6 Å². The van der Waals surface area contributed by atoms with Crippen LogP contribution in [0.1, 0.15) is 68.0 Å². The van der Waals surface area contributed by atoms with E-state index in [0.717, 1.165) is 12.2 Å². The first kappa shape index (κ1) is 17.8. The molecule has 2 aromatic rings. The highest BCUT2D eigenvalue weighted by molar-refractivity contribution is 8.04. The summed E-state index contributed by atoms with van der Waals surface area (Å²) in [7, 11) is 0. The Hall–Kier alpha value is -1.31. The minimum Gasteiger partial charge on any atom is -0.296 e. The number of piperidine rings is 1. The Morgan fingerprint density at radius 2 is 2.26 bits per heavy atom. The topological polar surface area (TPSA) is 54.8 Å². The summed E-state index contributed by atoms with van der Waals surface area (Å²) >= 11 is 3.82. The minimum absolute atomic E-state index is 0.331. The van der Waals surface area contributed by atoms with E-state index in [1.807, 2.05) is 6.20 Å². The Morgan fingerprint density at radius 1 is 1.37 bits per heavy atom. The van der Waals surface area contributed by atoms with Crippen molar-refractivity contribution in [2.45, 2.75) is 63.8 Å². The molecule has 1 saturated heterocycles. The van der Waals surface area contributed by atoms with Crippen LogP contribution in [0.5, 0.6) is 0 Å². The maximum absolute atomic E-state index is 4.62. The van der Waals surface area contributed by atoms with Gasteiger partial charge in [0.25, 0.3) is 0 Å². The molecule has 27 heavy (non-hydrogen) atoms. The second-order valence-corrected chi connectivity index (χ2v) is 10.1. The lowest BCUT2D eigenvalue weighted by atomic mass is 9.77. The number of unbranched alkanes of at least 4 members (excludes halogenated alkanes) is 1. The second kappa shape index (κ2) is 6.94. The summed E-state index contributed by atoms with van der Waals surface area (Å²) < 4.78 is 2.23. The highest BCUT2D eigenvalue weighted by Crippen LogP contribution is 2.56. The first-order chi connectivity index (χ1) is 13.2. The zero-order valence-corrected chi connectivity index (χ0v) is 17.7. The van der Waals surface area contributed by atoms with E-state index in [4.69, 9.17) is 0 Å². The van der Waals surface area contributed by atoms with Gasteiger partial charge in [0.1, 0.15) is 10.8 Å². The largest absolute Gasteiger partial charge is 0.296 e. The summed E-state index contributed by atoms with van der Waals surface area (Å²) in [6, 6.07) is 0.331. The molecule has 3 aliphatic rings. The number of imidazole rings is 1. The van der Waals surface area contributed by atoms with Crippen molar-refractivity contribution >= 4 is 23.1 Å². The van der Waals surface area contributed by atoms with Crippen LogP contribution >= 0.6 is 23.1 Å². The average molecular weight is 402 g/mol. The van der Waals surface area contributed by atoms with Crippen molar-refractivity contribution in [3.05, 3.63) is 44.9 Å². The molecule has 5 heterocycles. The molecule has 5 nitrogen and oxygen atoms in total. The number of nitrogens with one attached hydrogen (secondary N) is 2. The van der Waals surface area contributed by atoms with Crippen LogP contribution in [0.25, 0.3) is 0 Å². The van der Waals surface area contributed by atoms with Crippen LogP contribution in [0.2, 0.25) is 0 Å². The van der Waals surface area contributed by atoms with Crippen LogP contribution in [-0.2, 0) is 0 Å². The van der Waals surface area contributed by atoms with E-state index in [9.17, 15) is 0 Å². The maximum atomic E-state index is 4.62. The Balaban J connectivity index is 1.54. The lowest BCUT2D eigenvalue weighted by molar-refractivity contribution is 0.265. The summed E-state index contributed by atoms with van der Waals surface area (Å²) in [5.74, 6) is 2.66. The molecule has 0 bridgehead atoms. The van der Waals surface area contributed by atoms with E-state index >= 15 is 0 Å². The van der Waals surface area contributed by atoms with Crippen molar-refractivity contribution in [2.24, 2.45) is 11.8 Å². The van der Waals surface area contributed by atoms with Gasteiger partial charge in [0.2, 0.25) is 0 Å². The zero-order chi connectivity index (χ0) is 18.5. The van der Waals surface area contributed by atoms with Crippen LogP contribution in [0.3, 0.4) is 0 Å². The fraction of sp³-hybridized carbons (Fsp3) is 0.600. The van der Waals surface area contributed by atoms with Crippen molar-refractivity contribution in [2.75, 3.05) is 5.43 Å². The molecule has 144 valence electrons. The Morgan fingerprint density at radius 3 is 3.04 bits per heavy atom. The Kier molecular flexibility index (Phi) is 4.57. The fourth-order valence-electron chi connectivity index (χ4n) is 4.83. The van der Waals surface area contributed by atoms with Crippen molar-refractivity contribution in [3.8, 4) is 0 Å². The summed E-state index contributed by atoms with van der Waals surface area (Å²) in [4.78, 5) is 10.8. The van der Waals surface area contributed by atoms with Gasteiger partial charge >= 0.3 is 0 Å². The third-order valence-corrected chi connectivity index (χ3v) is 8.68. The van der Waals surface area contributed by atoms with E-state index in [2.05, 4.69) is 69.5 Å². The molecule has 0 aromatic carbocycles. The van der Waals surface area contributed by atoms with E-state index in [1.54, 1.807) is 16.2 Å². The van der Waals surface area contributed by atoms with Gasteiger partial charge in [-0.3, -0.25) is 10.7 Å². The number of hydrogen-bond acceptors (Lipinski definition) is 6. The number of aromatic nitrogens is 3. The normalized spacial score (nSPS) is 30.0. The van der Waals surface area contributed by atoms with Crippen molar-refractivity contribution in [3.63, 3.8) is 0 Å². The summed E-state index contributed by atoms with van der Waals surface area (Å²) in [6.07, 6.45) is 8.90. The first-order valence-corrected chi connectivity index (χ1v) is 11.8. The number of nitrogens with zero attached hydrogens (tertiary/aromatic N) is 3. The van der Waals surface area contributed by atoms with Crippen LogP contribution in [0.15, 0.2) is 28.4 Å². The molecule has 0 aliphatic carbocycles. The molecule has 3 aliphatic heterocycles. The zero-order valence-electron chi connectivity index (χ0n) is 16.1. The van der Waals surface area contributed by atoms with Crippen molar-refractivity contribution in [1.82, 2.24) is 20.0 Å². The molecule has 2 N–H and O–H groups in total. The predicted molar refractivity (Wildman–Crippen MR) is 112 cm³/mol. The maximum Gasteiger partial charge on any atom is 0.124 e. The summed E-state index contributed by atoms with van der Waals surface area (Å²) in [5.41, 5.74) is 6.53. The molecule has 0 amide bonds. The molecule has 1 fully saturated rings. The van der Waals surface area contributed by atoms with Crippen molar-refractivity contribution < 1.29 is 0 Å². The van der Waals surface area contributed by atoms with Gasteiger partial charge in [-0.15, -0.1) is 23.1 Å². The molecule has 7 heteroatoms.